The van der Waals surface area contributed by atoms with E-state index in [0.717, 1.165) is 30.6 Å². The lowest BCUT2D eigenvalue weighted by molar-refractivity contribution is -0.151. The van der Waals surface area contributed by atoms with Crippen LogP contribution < -0.4 is 0 Å². The van der Waals surface area contributed by atoms with E-state index in [0.29, 0.717) is 22.7 Å². The molecular weight excluding hydrogens is 380 g/mol. The van der Waals surface area contributed by atoms with Crippen molar-refractivity contribution in [2.45, 2.75) is 112 Å². The van der Waals surface area contributed by atoms with Gasteiger partial charge < -0.3 is 4.74 Å². The van der Waals surface area contributed by atoms with Crippen LogP contribution in [0.4, 0.5) is 0 Å². The maximum absolute atomic E-state index is 11.5. The highest BCUT2D eigenvalue weighted by atomic mass is 16.5. The van der Waals surface area contributed by atoms with E-state index in [9.17, 15) is 4.79 Å². The van der Waals surface area contributed by atoms with E-state index in [2.05, 4.69) is 46.8 Å². The zero-order chi connectivity index (χ0) is 22.4. The molecule has 0 N–H and O–H groups in total. The zero-order valence-electron chi connectivity index (χ0n) is 21.0. The minimum absolute atomic E-state index is 0.112. The second kappa shape index (κ2) is 8.71. The molecule has 0 aromatic rings. The van der Waals surface area contributed by atoms with Gasteiger partial charge in [-0.15, -0.1) is 0 Å². The van der Waals surface area contributed by atoms with E-state index in [-0.39, 0.29) is 12.1 Å². The Kier molecular flexibility index (Phi) is 6.50. The molecule has 0 bridgehead atoms. The van der Waals surface area contributed by atoms with Crippen LogP contribution >= 0.6 is 0 Å². The maximum atomic E-state index is 11.5. The predicted molar refractivity (Wildman–Crippen MR) is 129 cm³/mol. The van der Waals surface area contributed by atoms with Crippen LogP contribution in [0.5, 0.6) is 0 Å². The molecule has 0 amide bonds. The number of carbonyl (C=O) groups excluding carboxylic acids is 1. The van der Waals surface area contributed by atoms with Crippen molar-refractivity contribution in [2.24, 2.45) is 40.4 Å². The summed E-state index contributed by atoms with van der Waals surface area (Å²) >= 11 is 0. The molecule has 4 aliphatic rings. The molecule has 174 valence electrons. The highest BCUT2D eigenvalue weighted by molar-refractivity contribution is 5.66. The Morgan fingerprint density at radius 2 is 1.87 bits per heavy atom. The topological polar surface area (TPSA) is 26.3 Å². The third kappa shape index (κ3) is 4.18. The van der Waals surface area contributed by atoms with Gasteiger partial charge in [-0.25, -0.2) is 0 Å². The molecule has 4 aliphatic carbocycles. The summed E-state index contributed by atoms with van der Waals surface area (Å²) in [6.45, 7) is 13.9. The summed E-state index contributed by atoms with van der Waals surface area (Å²) in [6.07, 6.45) is 18.0. The quantitative estimate of drug-likeness (QED) is 0.404. The zero-order valence-corrected chi connectivity index (χ0v) is 21.0. The van der Waals surface area contributed by atoms with E-state index >= 15 is 0 Å². The maximum Gasteiger partial charge on any atom is 0.302 e. The summed E-state index contributed by atoms with van der Waals surface area (Å²) in [5.41, 5.74) is 4.21. The van der Waals surface area contributed by atoms with Gasteiger partial charge in [0.15, 0.2) is 0 Å². The van der Waals surface area contributed by atoms with Gasteiger partial charge in [0.25, 0.3) is 0 Å². The molecule has 2 heteroatoms. The van der Waals surface area contributed by atoms with Crippen molar-refractivity contribution in [3.05, 3.63) is 23.3 Å². The number of fused-ring (bicyclic) bond motifs is 5. The molecule has 0 aliphatic heterocycles. The van der Waals surface area contributed by atoms with Crippen LogP contribution in [0.3, 0.4) is 0 Å². The fourth-order valence-electron chi connectivity index (χ4n) is 8.16. The van der Waals surface area contributed by atoms with E-state index in [1.807, 2.05) is 0 Å². The predicted octanol–water partition coefficient (Wildman–Crippen LogP) is 7.88. The average molecular weight is 427 g/mol. The van der Waals surface area contributed by atoms with Crippen LogP contribution in [0, 0.1) is 40.4 Å². The van der Waals surface area contributed by atoms with Crippen LogP contribution in [0.2, 0.25) is 0 Å². The van der Waals surface area contributed by atoms with Crippen molar-refractivity contribution in [1.82, 2.24) is 0 Å². The van der Waals surface area contributed by atoms with Gasteiger partial charge in [-0.3, -0.25) is 4.79 Å². The van der Waals surface area contributed by atoms with Crippen LogP contribution in [-0.2, 0) is 9.53 Å². The molecule has 4 rings (SSSR count). The molecule has 0 spiro atoms. The van der Waals surface area contributed by atoms with Gasteiger partial charge in [0.2, 0.25) is 0 Å². The van der Waals surface area contributed by atoms with Crippen molar-refractivity contribution in [3.63, 3.8) is 0 Å². The normalized spacial score (nSPS) is 40.4. The summed E-state index contributed by atoms with van der Waals surface area (Å²) in [7, 11) is 0. The first-order valence-electron chi connectivity index (χ1n) is 13.2. The minimum atomic E-state index is -0.112. The first-order valence-corrected chi connectivity index (χ1v) is 13.2. The molecule has 0 aromatic carbocycles. The molecule has 0 saturated heterocycles. The number of hydrogen-bond donors (Lipinski definition) is 0. The van der Waals surface area contributed by atoms with Gasteiger partial charge in [-0.05, 0) is 96.5 Å². The molecule has 0 heterocycles. The Morgan fingerprint density at radius 1 is 1.10 bits per heavy atom. The summed E-state index contributed by atoms with van der Waals surface area (Å²) < 4.78 is 5.62. The van der Waals surface area contributed by atoms with E-state index in [4.69, 9.17) is 4.74 Å². The lowest BCUT2D eigenvalue weighted by Crippen LogP contribution is -2.48. The third-order valence-corrected chi connectivity index (χ3v) is 10.0. The standard InChI is InChI=1S/C29H46O2/c1-19(2)8-7-9-20(3)25-12-13-26-24-11-10-22-18-23(31-21(4)30)14-16-28(22,5)27(24)15-17-29(25,26)6/h11,13,19-20,22-23,25,27H,7-10,12,14-18H2,1-6H3. The van der Waals surface area contributed by atoms with Crippen LogP contribution in [-0.4, -0.2) is 12.1 Å². The molecule has 0 radical (unpaired) electrons. The Labute approximate surface area is 191 Å². The van der Waals surface area contributed by atoms with Gasteiger partial charge in [0, 0.05) is 6.92 Å². The van der Waals surface area contributed by atoms with Crippen LogP contribution in [0.1, 0.15) is 106 Å². The second-order valence-corrected chi connectivity index (χ2v) is 12.4. The first kappa shape index (κ1) is 23.1. The summed E-state index contributed by atoms with van der Waals surface area (Å²) in [5, 5.41) is 0. The Morgan fingerprint density at radius 3 is 2.58 bits per heavy atom. The Balaban J connectivity index is 1.48. The molecule has 2 saturated carbocycles. The highest BCUT2D eigenvalue weighted by Gasteiger charge is 2.55. The number of allylic oxidation sites excluding steroid dienone is 4. The minimum Gasteiger partial charge on any atom is -0.463 e. The van der Waals surface area contributed by atoms with Crippen LogP contribution in [0.15, 0.2) is 23.3 Å². The monoisotopic (exact) mass is 426 g/mol. The summed E-state index contributed by atoms with van der Waals surface area (Å²) in [4.78, 5) is 11.5. The third-order valence-electron chi connectivity index (χ3n) is 10.0. The molecular formula is C29H46O2. The van der Waals surface area contributed by atoms with E-state index in [1.165, 1.54) is 51.4 Å². The van der Waals surface area contributed by atoms with Gasteiger partial charge >= 0.3 is 5.97 Å². The lowest BCUT2D eigenvalue weighted by Gasteiger charge is -2.56. The first-order chi connectivity index (χ1) is 14.6. The average Bonchev–Trinajstić information content (AvgIpc) is 3.05. The van der Waals surface area contributed by atoms with Gasteiger partial charge in [-0.2, -0.15) is 0 Å². The number of carbonyl (C=O) groups is 1. The van der Waals surface area contributed by atoms with Crippen molar-refractivity contribution in [3.8, 4) is 0 Å². The molecule has 2 fully saturated rings. The smallest absolute Gasteiger partial charge is 0.302 e. The van der Waals surface area contributed by atoms with Gasteiger partial charge in [-0.1, -0.05) is 66.0 Å². The van der Waals surface area contributed by atoms with E-state index in [1.54, 1.807) is 18.1 Å². The number of ether oxygens (including phenoxy) is 1. The SMILES string of the molecule is CC(=O)OC1CCC2(C)C(CC=C3C4=CCC(C(C)CCCC(C)C)C4(C)CCC32)C1. The Hall–Kier alpha value is -1.05. The highest BCUT2D eigenvalue weighted by Crippen LogP contribution is 2.65. The van der Waals surface area contributed by atoms with Crippen molar-refractivity contribution in [2.75, 3.05) is 0 Å². The van der Waals surface area contributed by atoms with Crippen molar-refractivity contribution < 1.29 is 9.53 Å². The van der Waals surface area contributed by atoms with E-state index < -0.39 is 0 Å². The molecule has 7 unspecified atom stereocenters. The number of esters is 1. The molecule has 0 aromatic heterocycles. The molecule has 31 heavy (non-hydrogen) atoms. The van der Waals surface area contributed by atoms with Gasteiger partial charge in [0.05, 0.1) is 0 Å². The van der Waals surface area contributed by atoms with Crippen molar-refractivity contribution >= 4 is 5.97 Å². The largest absolute Gasteiger partial charge is 0.463 e. The molecule has 2 nitrogen and oxygen atoms in total. The summed E-state index contributed by atoms with van der Waals surface area (Å²) in [6, 6.07) is 0. The number of hydrogen-bond acceptors (Lipinski definition) is 2. The fourth-order valence-corrected chi connectivity index (χ4v) is 8.16. The van der Waals surface area contributed by atoms with Gasteiger partial charge in [0.1, 0.15) is 6.10 Å². The van der Waals surface area contributed by atoms with Crippen LogP contribution in [0.25, 0.3) is 0 Å². The van der Waals surface area contributed by atoms with Crippen molar-refractivity contribution in [1.29, 1.82) is 0 Å². The lowest BCUT2D eigenvalue weighted by atomic mass is 9.48. The Bertz CT molecular complexity index is 746. The number of rotatable bonds is 6. The fraction of sp³-hybridized carbons (Fsp3) is 0.828. The molecule has 7 atom stereocenters. The second-order valence-electron chi connectivity index (χ2n) is 12.4. The summed E-state index contributed by atoms with van der Waals surface area (Å²) in [5.74, 6) is 3.73.